The number of pyridine rings is 1. The Hall–Kier alpha value is -1.97. The van der Waals surface area contributed by atoms with Gasteiger partial charge in [0.15, 0.2) is 6.29 Å². The third-order valence-corrected chi connectivity index (χ3v) is 1.66. The van der Waals surface area contributed by atoms with E-state index in [1.54, 1.807) is 25.3 Å². The monoisotopic (exact) mass is 205 g/mol. The van der Waals surface area contributed by atoms with Crippen LogP contribution in [0, 0.1) is 0 Å². The van der Waals surface area contributed by atoms with Gasteiger partial charge in [0, 0.05) is 17.8 Å². The summed E-state index contributed by atoms with van der Waals surface area (Å²) in [5.74, 6) is -0.444. The first-order valence-corrected chi connectivity index (χ1v) is 4.53. The minimum atomic E-state index is -0.444. The second-order valence-electron chi connectivity index (χ2n) is 2.68. The Labute approximate surface area is 87.6 Å². The van der Waals surface area contributed by atoms with E-state index in [9.17, 15) is 9.59 Å². The minimum Gasteiger partial charge on any atom is -0.463 e. The number of aromatic nitrogens is 1. The Balaban J connectivity index is 2.79. The van der Waals surface area contributed by atoms with Gasteiger partial charge in [-0.25, -0.2) is 4.79 Å². The lowest BCUT2D eigenvalue weighted by molar-refractivity contribution is -0.137. The van der Waals surface area contributed by atoms with Crippen molar-refractivity contribution in [2.45, 2.75) is 6.92 Å². The third kappa shape index (κ3) is 3.34. The van der Waals surface area contributed by atoms with Crippen molar-refractivity contribution in [1.29, 1.82) is 0 Å². The zero-order valence-corrected chi connectivity index (χ0v) is 8.34. The van der Waals surface area contributed by atoms with Crippen LogP contribution in [0.25, 0.3) is 6.08 Å². The summed E-state index contributed by atoms with van der Waals surface area (Å²) < 4.78 is 4.70. The molecule has 0 aromatic carbocycles. The molecule has 0 saturated heterocycles. The molecule has 0 fully saturated rings. The Morgan fingerprint density at radius 3 is 3.07 bits per heavy atom. The van der Waals surface area contributed by atoms with Gasteiger partial charge in [0.1, 0.15) is 0 Å². The van der Waals surface area contributed by atoms with Crippen LogP contribution < -0.4 is 0 Å². The average molecular weight is 205 g/mol. The molecule has 78 valence electrons. The lowest BCUT2D eigenvalue weighted by atomic mass is 10.2. The average Bonchev–Trinajstić information content (AvgIpc) is 2.27. The van der Waals surface area contributed by atoms with E-state index in [4.69, 9.17) is 4.74 Å². The fourth-order valence-corrected chi connectivity index (χ4v) is 1.01. The van der Waals surface area contributed by atoms with Crippen LogP contribution in [0.1, 0.15) is 23.0 Å². The van der Waals surface area contributed by atoms with Crippen LogP contribution in [0.5, 0.6) is 0 Å². The summed E-state index contributed by atoms with van der Waals surface area (Å²) >= 11 is 0. The molecule has 4 heteroatoms. The lowest BCUT2D eigenvalue weighted by Crippen LogP contribution is -1.99. The lowest BCUT2D eigenvalue weighted by Gasteiger charge is -1.97. The number of rotatable bonds is 4. The van der Waals surface area contributed by atoms with Gasteiger partial charge in [0.05, 0.1) is 12.3 Å². The maximum absolute atomic E-state index is 11.0. The minimum absolute atomic E-state index is 0.325. The summed E-state index contributed by atoms with van der Waals surface area (Å²) in [7, 11) is 0. The number of ether oxygens (including phenoxy) is 1. The zero-order chi connectivity index (χ0) is 11.1. The molecular weight excluding hydrogens is 194 g/mol. The van der Waals surface area contributed by atoms with E-state index in [2.05, 4.69) is 4.98 Å². The van der Waals surface area contributed by atoms with Gasteiger partial charge in [0.25, 0.3) is 0 Å². The van der Waals surface area contributed by atoms with Crippen LogP contribution in [-0.4, -0.2) is 23.8 Å². The van der Waals surface area contributed by atoms with Crippen molar-refractivity contribution in [2.75, 3.05) is 6.61 Å². The van der Waals surface area contributed by atoms with Crippen LogP contribution in [-0.2, 0) is 9.53 Å². The Morgan fingerprint density at radius 2 is 2.40 bits per heavy atom. The van der Waals surface area contributed by atoms with Crippen molar-refractivity contribution >= 4 is 18.3 Å². The predicted molar refractivity (Wildman–Crippen MR) is 55.3 cm³/mol. The topological polar surface area (TPSA) is 56.3 Å². The van der Waals surface area contributed by atoms with Gasteiger partial charge in [-0.2, -0.15) is 0 Å². The van der Waals surface area contributed by atoms with E-state index in [-0.39, 0.29) is 0 Å². The summed E-state index contributed by atoms with van der Waals surface area (Å²) in [6, 6.07) is 3.29. The predicted octanol–water partition coefficient (Wildman–Crippen LogP) is 1.47. The summed E-state index contributed by atoms with van der Waals surface area (Å²) in [6.45, 7) is 2.05. The zero-order valence-electron chi connectivity index (χ0n) is 8.34. The maximum Gasteiger partial charge on any atom is 0.330 e. The van der Waals surface area contributed by atoms with Crippen LogP contribution in [0.4, 0.5) is 0 Å². The first kappa shape index (κ1) is 11.1. The summed E-state index contributed by atoms with van der Waals surface area (Å²) in [5, 5.41) is 0. The van der Waals surface area contributed by atoms with E-state index in [0.29, 0.717) is 24.2 Å². The molecule has 0 unspecified atom stereocenters. The molecule has 0 saturated carbocycles. The van der Waals surface area contributed by atoms with E-state index in [1.807, 2.05) is 0 Å². The maximum atomic E-state index is 11.0. The van der Waals surface area contributed by atoms with Gasteiger partial charge < -0.3 is 4.74 Å². The Bertz CT molecular complexity index is 385. The third-order valence-electron chi connectivity index (χ3n) is 1.66. The summed E-state index contributed by atoms with van der Waals surface area (Å²) in [6.07, 6.45) is 4.95. The van der Waals surface area contributed by atoms with Gasteiger partial charge in [-0.15, -0.1) is 0 Å². The van der Waals surface area contributed by atoms with Crippen molar-refractivity contribution in [3.05, 3.63) is 35.7 Å². The molecular formula is C11H11NO3. The molecule has 4 nitrogen and oxygen atoms in total. The van der Waals surface area contributed by atoms with Crippen LogP contribution in [0.3, 0.4) is 0 Å². The van der Waals surface area contributed by atoms with Crippen molar-refractivity contribution in [3.8, 4) is 0 Å². The highest BCUT2D eigenvalue weighted by atomic mass is 16.5. The molecule has 0 spiro atoms. The quantitative estimate of drug-likeness (QED) is 0.424. The molecule has 0 aliphatic carbocycles. The number of nitrogens with zero attached hydrogens (tertiary/aromatic N) is 1. The van der Waals surface area contributed by atoms with Crippen molar-refractivity contribution < 1.29 is 14.3 Å². The van der Waals surface area contributed by atoms with Crippen molar-refractivity contribution in [1.82, 2.24) is 4.98 Å². The molecule has 0 radical (unpaired) electrons. The van der Waals surface area contributed by atoms with Gasteiger partial charge in [-0.05, 0) is 25.1 Å². The molecule has 15 heavy (non-hydrogen) atoms. The number of carbonyl (C=O) groups is 2. The fourth-order valence-electron chi connectivity index (χ4n) is 1.01. The number of carbonyl (C=O) groups excluding carboxylic acids is 2. The van der Waals surface area contributed by atoms with Crippen LogP contribution in [0.15, 0.2) is 24.4 Å². The second-order valence-corrected chi connectivity index (χ2v) is 2.68. The number of esters is 1. The molecule has 0 aliphatic heterocycles. The van der Waals surface area contributed by atoms with E-state index in [1.165, 1.54) is 12.2 Å². The molecule has 1 rings (SSSR count). The summed E-state index contributed by atoms with van der Waals surface area (Å²) in [5.41, 5.74) is 0.901. The SMILES string of the molecule is CCOC(=O)C=Cc1ncccc1C=O. The molecule has 0 bridgehead atoms. The van der Waals surface area contributed by atoms with E-state index < -0.39 is 5.97 Å². The normalized spacial score (nSPS) is 10.2. The highest BCUT2D eigenvalue weighted by molar-refractivity contribution is 5.89. The second kappa shape index (κ2) is 5.70. The van der Waals surface area contributed by atoms with E-state index >= 15 is 0 Å². The largest absolute Gasteiger partial charge is 0.463 e. The Kier molecular flexibility index (Phi) is 4.22. The van der Waals surface area contributed by atoms with E-state index in [0.717, 1.165) is 0 Å². The summed E-state index contributed by atoms with van der Waals surface area (Å²) in [4.78, 5) is 25.6. The Morgan fingerprint density at radius 1 is 1.60 bits per heavy atom. The number of hydrogen-bond donors (Lipinski definition) is 0. The van der Waals surface area contributed by atoms with Crippen molar-refractivity contribution in [3.63, 3.8) is 0 Å². The van der Waals surface area contributed by atoms with Gasteiger partial charge in [0.2, 0.25) is 0 Å². The van der Waals surface area contributed by atoms with Crippen molar-refractivity contribution in [2.24, 2.45) is 0 Å². The number of hydrogen-bond acceptors (Lipinski definition) is 4. The van der Waals surface area contributed by atoms with Crippen LogP contribution in [0.2, 0.25) is 0 Å². The highest BCUT2D eigenvalue weighted by Crippen LogP contribution is 2.04. The smallest absolute Gasteiger partial charge is 0.330 e. The molecule has 1 heterocycles. The molecule has 0 aliphatic rings. The molecule has 0 atom stereocenters. The first-order valence-electron chi connectivity index (χ1n) is 4.53. The standard InChI is InChI=1S/C11H11NO3/c1-2-15-11(14)6-5-10-9(8-13)4-3-7-12-10/h3-8H,2H2,1H3. The molecule has 0 amide bonds. The number of aldehydes is 1. The van der Waals surface area contributed by atoms with Gasteiger partial charge in [-0.3, -0.25) is 9.78 Å². The molecule has 1 aromatic rings. The van der Waals surface area contributed by atoms with Gasteiger partial charge in [-0.1, -0.05) is 0 Å². The fraction of sp³-hybridized carbons (Fsp3) is 0.182. The highest BCUT2D eigenvalue weighted by Gasteiger charge is 1.99. The van der Waals surface area contributed by atoms with Gasteiger partial charge >= 0.3 is 5.97 Å². The first-order chi connectivity index (χ1) is 7.27. The molecule has 0 N–H and O–H groups in total. The van der Waals surface area contributed by atoms with Crippen LogP contribution >= 0.6 is 0 Å². The molecule has 1 aromatic heterocycles.